The monoisotopic (exact) mass is 716 g/mol. The summed E-state index contributed by atoms with van der Waals surface area (Å²) in [5, 5.41) is 25.3. The van der Waals surface area contributed by atoms with Crippen LogP contribution in [0.3, 0.4) is 0 Å². The van der Waals surface area contributed by atoms with E-state index in [2.05, 4.69) is 31.0 Å². The zero-order chi connectivity index (χ0) is 37.0. The molecule has 0 unspecified atom stereocenters. The molecule has 2 N–H and O–H groups in total. The Morgan fingerprint density at radius 3 is 1.39 bits per heavy atom. The second-order valence-electron chi connectivity index (χ2n) is 13.4. The van der Waals surface area contributed by atoms with Gasteiger partial charge in [0, 0.05) is 46.0 Å². The van der Waals surface area contributed by atoms with Gasteiger partial charge < -0.3 is 20.4 Å². The van der Waals surface area contributed by atoms with Crippen LogP contribution in [0.2, 0.25) is 0 Å². The van der Waals surface area contributed by atoms with Crippen molar-refractivity contribution in [3.63, 3.8) is 0 Å². The Bertz CT molecular complexity index is 2240. The molecule has 0 saturated carbocycles. The van der Waals surface area contributed by atoms with Crippen LogP contribution in [0.15, 0.2) is 109 Å². The summed E-state index contributed by atoms with van der Waals surface area (Å²) in [6.45, 7) is 0.948. The molecule has 4 aromatic carbocycles. The molecule has 12 heteroatoms. The zero-order valence-electron chi connectivity index (χ0n) is 29.3. The maximum atomic E-state index is 13.5. The molecule has 2 aliphatic heterocycles. The molecular formula is C42H36N8O4. The predicted octanol–water partition coefficient (Wildman–Crippen LogP) is 6.23. The average Bonchev–Trinajstić information content (AvgIpc) is 3.92. The lowest BCUT2D eigenvalue weighted by molar-refractivity contribution is -0.120. The first kappa shape index (κ1) is 34.3. The Morgan fingerprint density at radius 2 is 0.963 bits per heavy atom. The number of rotatable bonds is 8. The van der Waals surface area contributed by atoms with Gasteiger partial charge in [-0.3, -0.25) is 19.2 Å². The third-order valence-electron chi connectivity index (χ3n) is 10.0. The van der Waals surface area contributed by atoms with Crippen molar-refractivity contribution in [3.8, 4) is 0 Å². The number of nitrogens with one attached hydrogen (secondary N) is 2. The number of nitrogens with zero attached hydrogens (tertiary/aromatic N) is 6. The second-order valence-corrected chi connectivity index (χ2v) is 13.4. The van der Waals surface area contributed by atoms with Crippen molar-refractivity contribution in [2.24, 2.45) is 0 Å². The number of benzene rings is 4. The first-order chi connectivity index (χ1) is 26.4. The Balaban J connectivity index is 0.858. The summed E-state index contributed by atoms with van der Waals surface area (Å²) in [6.07, 6.45) is 9.75. The summed E-state index contributed by atoms with van der Waals surface area (Å²) in [4.78, 5) is 56.8. The number of amides is 4. The fourth-order valence-electron chi connectivity index (χ4n) is 7.21. The van der Waals surface area contributed by atoms with Crippen molar-refractivity contribution in [3.05, 3.63) is 132 Å². The summed E-state index contributed by atoms with van der Waals surface area (Å²) in [5.41, 5.74) is 3.63. The van der Waals surface area contributed by atoms with Gasteiger partial charge in [-0.05, 0) is 61.1 Å². The molecule has 2 aliphatic rings. The van der Waals surface area contributed by atoms with Crippen LogP contribution in [0, 0.1) is 0 Å². The maximum absolute atomic E-state index is 13.5. The molecule has 0 bridgehead atoms. The van der Waals surface area contributed by atoms with Crippen LogP contribution in [-0.2, 0) is 9.59 Å². The number of fused-ring (bicyclic) bond motifs is 2. The van der Waals surface area contributed by atoms with E-state index in [1.165, 1.54) is 0 Å². The van der Waals surface area contributed by atoms with E-state index in [1.807, 2.05) is 109 Å². The van der Waals surface area contributed by atoms with E-state index >= 15 is 0 Å². The minimum absolute atomic E-state index is 0.240. The van der Waals surface area contributed by atoms with E-state index in [9.17, 15) is 19.2 Å². The molecule has 2 saturated heterocycles. The van der Waals surface area contributed by atoms with Crippen LogP contribution in [0.25, 0.3) is 33.7 Å². The molecule has 0 radical (unpaired) electrons. The predicted molar refractivity (Wildman–Crippen MR) is 206 cm³/mol. The molecule has 0 aliphatic carbocycles. The van der Waals surface area contributed by atoms with Crippen LogP contribution in [0.5, 0.6) is 0 Å². The average molecular weight is 717 g/mol. The number of likely N-dealkylation sites (tertiary alicyclic amines) is 2. The summed E-state index contributed by atoms with van der Waals surface area (Å²) in [5.74, 6) is -1.08. The normalized spacial score (nSPS) is 17.0. The van der Waals surface area contributed by atoms with E-state index in [-0.39, 0.29) is 35.0 Å². The fourth-order valence-corrected chi connectivity index (χ4v) is 7.21. The van der Waals surface area contributed by atoms with Crippen molar-refractivity contribution in [2.75, 3.05) is 23.7 Å². The van der Waals surface area contributed by atoms with E-state index in [4.69, 9.17) is 0 Å². The first-order valence-corrected chi connectivity index (χ1v) is 18.0. The Hall–Kier alpha value is -6.82. The molecule has 4 heterocycles. The molecule has 0 spiro atoms. The lowest BCUT2D eigenvalue weighted by Gasteiger charge is -2.24. The molecule has 2 fully saturated rings. The summed E-state index contributed by atoms with van der Waals surface area (Å²) < 4.78 is 0. The van der Waals surface area contributed by atoms with Crippen LogP contribution < -0.4 is 10.6 Å². The van der Waals surface area contributed by atoms with Crippen LogP contribution in [0.1, 0.15) is 57.8 Å². The van der Waals surface area contributed by atoms with Gasteiger partial charge >= 0.3 is 0 Å². The summed E-state index contributed by atoms with van der Waals surface area (Å²) in [6, 6.07) is 28.7. The van der Waals surface area contributed by atoms with Crippen molar-refractivity contribution in [1.29, 1.82) is 0 Å². The SMILES string of the molecule is O=C(Nc1ccc(/C=C/c2ccc(NC(=O)[C@@H]3CCCN3C(=O)c3nncc4ccccc34)cc2)cc1)[C@@H]1CCCN1C(=O)c1nncc2ccccc12. The van der Waals surface area contributed by atoms with Gasteiger partial charge in [0.2, 0.25) is 11.8 Å². The molecule has 6 aromatic rings. The number of carbonyl (C=O) groups excluding carboxylic acids is 4. The number of carbonyl (C=O) groups is 4. The van der Waals surface area contributed by atoms with Crippen LogP contribution in [-0.4, -0.2) is 79.0 Å². The first-order valence-electron chi connectivity index (χ1n) is 18.0. The Kier molecular flexibility index (Phi) is 9.54. The minimum atomic E-state index is -0.602. The highest BCUT2D eigenvalue weighted by Gasteiger charge is 2.37. The summed E-state index contributed by atoms with van der Waals surface area (Å²) in [7, 11) is 0. The van der Waals surface area contributed by atoms with Gasteiger partial charge in [0.25, 0.3) is 11.8 Å². The van der Waals surface area contributed by atoms with Crippen molar-refractivity contribution >= 4 is 68.7 Å². The van der Waals surface area contributed by atoms with Crippen LogP contribution in [0.4, 0.5) is 11.4 Å². The van der Waals surface area contributed by atoms with Crippen molar-refractivity contribution < 1.29 is 19.2 Å². The molecule has 4 amide bonds. The third kappa shape index (κ3) is 7.01. The molecule has 268 valence electrons. The maximum Gasteiger partial charge on any atom is 0.275 e. The van der Waals surface area contributed by atoms with Gasteiger partial charge in [-0.1, -0.05) is 84.9 Å². The molecule has 2 atom stereocenters. The Labute approximate surface area is 310 Å². The lowest BCUT2D eigenvalue weighted by Crippen LogP contribution is -2.43. The topological polar surface area (TPSA) is 150 Å². The zero-order valence-corrected chi connectivity index (χ0v) is 29.3. The highest BCUT2D eigenvalue weighted by atomic mass is 16.2. The van der Waals surface area contributed by atoms with Gasteiger partial charge in [0.05, 0.1) is 12.4 Å². The van der Waals surface area contributed by atoms with Crippen molar-refractivity contribution in [2.45, 2.75) is 37.8 Å². The highest BCUT2D eigenvalue weighted by molar-refractivity contribution is 6.08. The summed E-state index contributed by atoms with van der Waals surface area (Å²) >= 11 is 0. The second kappa shape index (κ2) is 15.0. The van der Waals surface area contributed by atoms with E-state index in [0.717, 1.165) is 34.7 Å². The molecule has 12 nitrogen and oxygen atoms in total. The quantitative estimate of drug-likeness (QED) is 0.176. The largest absolute Gasteiger partial charge is 0.325 e. The van der Waals surface area contributed by atoms with Gasteiger partial charge in [0.15, 0.2) is 11.4 Å². The van der Waals surface area contributed by atoms with Gasteiger partial charge in [-0.25, -0.2) is 0 Å². The minimum Gasteiger partial charge on any atom is -0.325 e. The van der Waals surface area contributed by atoms with E-state index in [1.54, 1.807) is 22.2 Å². The lowest BCUT2D eigenvalue weighted by atomic mass is 10.1. The van der Waals surface area contributed by atoms with Gasteiger partial charge in [-0.2, -0.15) is 10.2 Å². The van der Waals surface area contributed by atoms with Gasteiger partial charge in [-0.15, -0.1) is 10.2 Å². The van der Waals surface area contributed by atoms with Crippen molar-refractivity contribution in [1.82, 2.24) is 30.2 Å². The number of aromatic nitrogens is 4. The van der Waals surface area contributed by atoms with Crippen LogP contribution >= 0.6 is 0 Å². The molecule has 2 aromatic heterocycles. The number of anilines is 2. The molecule has 8 rings (SSSR count). The molecular weight excluding hydrogens is 681 g/mol. The smallest absolute Gasteiger partial charge is 0.275 e. The van der Waals surface area contributed by atoms with E-state index in [0.29, 0.717) is 48.1 Å². The van der Waals surface area contributed by atoms with Gasteiger partial charge in [0.1, 0.15) is 12.1 Å². The fraction of sp³-hybridized carbons (Fsp3) is 0.190. The number of hydrogen-bond acceptors (Lipinski definition) is 8. The highest BCUT2D eigenvalue weighted by Crippen LogP contribution is 2.26. The Morgan fingerprint density at radius 1 is 0.556 bits per heavy atom. The third-order valence-corrected chi connectivity index (χ3v) is 10.0. The number of hydrogen-bond donors (Lipinski definition) is 2. The standard InChI is InChI=1S/C42H36N8O4/c51-39(35-11-5-23-49(35)41(53)37-33-9-3-1-7-29(33)25-43-47-37)45-31-19-15-27(16-20-31)13-14-28-17-21-32(22-18-28)46-40(52)36-12-6-24-50(36)42(54)38-34-10-4-2-8-30(34)26-44-48-38/h1-4,7-10,13-22,25-26,35-36H,5-6,11-12,23-24H2,(H,45,51)(H,46,52)/b14-13+/t35-,36-/m0/s1. The molecule has 54 heavy (non-hydrogen) atoms. The van der Waals surface area contributed by atoms with E-state index < -0.39 is 12.1 Å².